The van der Waals surface area contributed by atoms with Gasteiger partial charge in [0.2, 0.25) is 0 Å². The van der Waals surface area contributed by atoms with Crippen LogP contribution in [0.3, 0.4) is 0 Å². The van der Waals surface area contributed by atoms with Gasteiger partial charge in [0.25, 0.3) is 0 Å². The Kier molecular flexibility index (Phi) is 4.57. The van der Waals surface area contributed by atoms with E-state index in [1.54, 1.807) is 0 Å². The van der Waals surface area contributed by atoms with E-state index < -0.39 is 33.5 Å². The standard InChI is InChI=1S/C15H11F3O5S/c1-24(21,22)11-4-2-3-9(7-11)10-5-6-12(14(19)20)13(8-10)23-15(16,17)18/h2-8H,1H3,(H,19,20). The van der Waals surface area contributed by atoms with Crippen LogP contribution in [0.2, 0.25) is 0 Å². The van der Waals surface area contributed by atoms with Gasteiger partial charge in [0.05, 0.1) is 4.90 Å². The van der Waals surface area contributed by atoms with Gasteiger partial charge in [-0.05, 0) is 35.4 Å². The zero-order chi connectivity index (χ0) is 18.1. The molecule has 1 N–H and O–H groups in total. The number of rotatable bonds is 4. The van der Waals surface area contributed by atoms with Crippen LogP contribution >= 0.6 is 0 Å². The van der Waals surface area contributed by atoms with Crippen molar-refractivity contribution in [3.05, 3.63) is 48.0 Å². The summed E-state index contributed by atoms with van der Waals surface area (Å²) >= 11 is 0. The van der Waals surface area contributed by atoms with Gasteiger partial charge in [0.15, 0.2) is 9.84 Å². The molecule has 2 aromatic carbocycles. The molecule has 0 bridgehead atoms. The average Bonchev–Trinajstić information content (AvgIpc) is 2.44. The summed E-state index contributed by atoms with van der Waals surface area (Å²) in [5, 5.41) is 8.95. The molecule has 0 saturated heterocycles. The number of carbonyl (C=O) groups is 1. The van der Waals surface area contributed by atoms with Gasteiger partial charge in [0.1, 0.15) is 11.3 Å². The van der Waals surface area contributed by atoms with Gasteiger partial charge in [-0.15, -0.1) is 13.2 Å². The number of carboxylic acids is 1. The summed E-state index contributed by atoms with van der Waals surface area (Å²) in [6.07, 6.45) is -4.06. The van der Waals surface area contributed by atoms with E-state index >= 15 is 0 Å². The molecule has 0 unspecified atom stereocenters. The smallest absolute Gasteiger partial charge is 0.478 e. The molecular formula is C15H11F3O5S. The number of ether oxygens (including phenoxy) is 1. The Labute approximate surface area is 135 Å². The molecule has 2 aromatic rings. The minimum absolute atomic E-state index is 0.0133. The third kappa shape index (κ3) is 4.25. The van der Waals surface area contributed by atoms with E-state index in [1.807, 2.05) is 0 Å². The van der Waals surface area contributed by atoms with Crippen molar-refractivity contribution in [2.45, 2.75) is 11.3 Å². The SMILES string of the molecule is CS(=O)(=O)c1cccc(-c2ccc(C(=O)O)c(OC(F)(F)F)c2)c1. The fraction of sp³-hybridized carbons (Fsp3) is 0.133. The van der Waals surface area contributed by atoms with Crippen molar-refractivity contribution in [3.8, 4) is 16.9 Å². The van der Waals surface area contributed by atoms with Gasteiger partial charge in [-0.2, -0.15) is 0 Å². The first-order valence-electron chi connectivity index (χ1n) is 6.41. The fourth-order valence-corrected chi connectivity index (χ4v) is 2.66. The largest absolute Gasteiger partial charge is 0.573 e. The second-order valence-electron chi connectivity index (χ2n) is 4.86. The van der Waals surface area contributed by atoms with Crippen LogP contribution in [0.4, 0.5) is 13.2 Å². The molecule has 24 heavy (non-hydrogen) atoms. The van der Waals surface area contributed by atoms with Crippen LogP contribution in [0.15, 0.2) is 47.4 Å². The predicted octanol–water partition coefficient (Wildman–Crippen LogP) is 3.35. The fourth-order valence-electron chi connectivity index (χ4n) is 1.99. The van der Waals surface area contributed by atoms with Crippen LogP contribution < -0.4 is 4.74 Å². The highest BCUT2D eigenvalue weighted by molar-refractivity contribution is 7.90. The summed E-state index contributed by atoms with van der Waals surface area (Å²) in [7, 11) is -3.50. The average molecular weight is 360 g/mol. The molecule has 0 aliphatic heterocycles. The summed E-state index contributed by atoms with van der Waals surface area (Å²) in [5.41, 5.74) is -0.165. The lowest BCUT2D eigenvalue weighted by atomic mass is 10.0. The molecule has 0 amide bonds. The summed E-state index contributed by atoms with van der Waals surface area (Å²) < 4.78 is 64.2. The maximum absolute atomic E-state index is 12.4. The van der Waals surface area contributed by atoms with Crippen LogP contribution in [-0.4, -0.2) is 32.1 Å². The van der Waals surface area contributed by atoms with Gasteiger partial charge < -0.3 is 9.84 Å². The van der Waals surface area contributed by atoms with Crippen molar-refractivity contribution in [2.75, 3.05) is 6.26 Å². The van der Waals surface area contributed by atoms with Crippen molar-refractivity contribution in [2.24, 2.45) is 0 Å². The van der Waals surface area contributed by atoms with Gasteiger partial charge in [-0.3, -0.25) is 0 Å². The molecule has 0 heterocycles. The van der Waals surface area contributed by atoms with Crippen molar-refractivity contribution in [3.63, 3.8) is 0 Å². The number of hydrogen-bond acceptors (Lipinski definition) is 4. The number of carboxylic acid groups (broad SMARTS) is 1. The number of alkyl halides is 3. The molecule has 128 valence electrons. The Bertz CT molecular complexity index is 888. The van der Waals surface area contributed by atoms with Crippen molar-refractivity contribution in [1.82, 2.24) is 0 Å². The molecule has 0 aliphatic carbocycles. The van der Waals surface area contributed by atoms with Crippen molar-refractivity contribution in [1.29, 1.82) is 0 Å². The molecule has 0 spiro atoms. The summed E-state index contributed by atoms with van der Waals surface area (Å²) in [6, 6.07) is 8.68. The maximum atomic E-state index is 12.4. The molecule has 0 atom stereocenters. The molecule has 0 fully saturated rings. The first-order chi connectivity index (χ1) is 11.0. The second kappa shape index (κ2) is 6.16. The second-order valence-corrected chi connectivity index (χ2v) is 6.88. The summed E-state index contributed by atoms with van der Waals surface area (Å²) in [6.45, 7) is 0. The van der Waals surface area contributed by atoms with Gasteiger partial charge in [-0.25, -0.2) is 13.2 Å². The van der Waals surface area contributed by atoms with Crippen molar-refractivity contribution < 1.29 is 36.2 Å². The normalized spacial score (nSPS) is 12.0. The zero-order valence-corrected chi connectivity index (χ0v) is 13.0. The lowest BCUT2D eigenvalue weighted by molar-refractivity contribution is -0.274. The van der Waals surface area contributed by atoms with Crippen LogP contribution in [0.1, 0.15) is 10.4 Å². The maximum Gasteiger partial charge on any atom is 0.573 e. The number of hydrogen-bond donors (Lipinski definition) is 1. The zero-order valence-electron chi connectivity index (χ0n) is 12.2. The Balaban J connectivity index is 2.56. The van der Waals surface area contributed by atoms with Crippen LogP contribution in [0.5, 0.6) is 5.75 Å². The highest BCUT2D eigenvalue weighted by Crippen LogP contribution is 2.32. The van der Waals surface area contributed by atoms with E-state index in [4.69, 9.17) is 5.11 Å². The Morgan fingerprint density at radius 3 is 2.25 bits per heavy atom. The van der Waals surface area contributed by atoms with Crippen molar-refractivity contribution >= 4 is 15.8 Å². The van der Waals surface area contributed by atoms with E-state index in [0.29, 0.717) is 5.56 Å². The van der Waals surface area contributed by atoms with Gasteiger partial charge in [-0.1, -0.05) is 18.2 Å². The van der Waals surface area contributed by atoms with E-state index in [2.05, 4.69) is 4.74 Å². The van der Waals surface area contributed by atoms with E-state index in [9.17, 15) is 26.4 Å². The molecule has 2 rings (SSSR count). The lowest BCUT2D eigenvalue weighted by Crippen LogP contribution is -2.19. The topological polar surface area (TPSA) is 80.7 Å². The molecule has 0 saturated carbocycles. The van der Waals surface area contributed by atoms with E-state index in [0.717, 1.165) is 18.4 Å². The summed E-state index contributed by atoms with van der Waals surface area (Å²) in [4.78, 5) is 11.0. The van der Waals surface area contributed by atoms with Crippen LogP contribution in [0, 0.1) is 0 Å². The Hall–Kier alpha value is -2.55. The van der Waals surface area contributed by atoms with Crippen LogP contribution in [0.25, 0.3) is 11.1 Å². The van der Waals surface area contributed by atoms with Gasteiger partial charge >= 0.3 is 12.3 Å². The monoisotopic (exact) mass is 360 g/mol. The minimum Gasteiger partial charge on any atom is -0.478 e. The molecule has 0 aromatic heterocycles. The highest BCUT2D eigenvalue weighted by Gasteiger charge is 2.33. The number of aromatic carboxylic acids is 1. The highest BCUT2D eigenvalue weighted by atomic mass is 32.2. The number of sulfone groups is 1. The van der Waals surface area contributed by atoms with E-state index in [1.165, 1.54) is 30.3 Å². The molecular weight excluding hydrogens is 349 g/mol. The number of benzene rings is 2. The van der Waals surface area contributed by atoms with Gasteiger partial charge in [0, 0.05) is 6.26 Å². The molecule has 5 nitrogen and oxygen atoms in total. The summed E-state index contributed by atoms with van der Waals surface area (Å²) in [5.74, 6) is -2.46. The molecule has 0 radical (unpaired) electrons. The first kappa shape index (κ1) is 17.8. The third-order valence-electron chi connectivity index (χ3n) is 3.03. The van der Waals surface area contributed by atoms with E-state index in [-0.39, 0.29) is 10.5 Å². The quantitative estimate of drug-likeness (QED) is 0.904. The molecule has 0 aliphatic rings. The Morgan fingerprint density at radius 1 is 1.08 bits per heavy atom. The van der Waals surface area contributed by atoms with Crippen LogP contribution in [-0.2, 0) is 9.84 Å². The number of halogens is 3. The first-order valence-corrected chi connectivity index (χ1v) is 8.30. The molecule has 9 heteroatoms. The predicted molar refractivity (Wildman–Crippen MR) is 78.6 cm³/mol. The lowest BCUT2D eigenvalue weighted by Gasteiger charge is -2.13. The minimum atomic E-state index is -5.06. The Morgan fingerprint density at radius 2 is 1.71 bits per heavy atom. The third-order valence-corrected chi connectivity index (χ3v) is 4.14.